The fourth-order valence-corrected chi connectivity index (χ4v) is 3.16. The number of hydrogen-bond acceptors (Lipinski definition) is 4. The lowest BCUT2D eigenvalue weighted by Crippen LogP contribution is -2.42. The number of benzene rings is 1. The van der Waals surface area contributed by atoms with Crippen molar-refractivity contribution in [2.45, 2.75) is 44.6 Å². The van der Waals surface area contributed by atoms with Gasteiger partial charge < -0.3 is 5.32 Å². The standard InChI is InChI=1S/C16H18FN3O/c1-16(7-8-16)13(21)14-18-15-11(17)9-12(20(15)19-14)10-5-3-2-4-6-10/h2-6,11-12,15H,7-9H2,1H3,(H,18,19)/t11-,12-,15?/m0/s1. The fraction of sp³-hybridized carbons (Fsp3) is 0.500. The highest BCUT2D eigenvalue weighted by atomic mass is 19.1. The first kappa shape index (κ1) is 12.8. The first-order valence-electron chi connectivity index (χ1n) is 7.46. The van der Waals surface area contributed by atoms with E-state index in [1.807, 2.05) is 37.3 Å². The average Bonchev–Trinajstić information content (AvgIpc) is 2.98. The van der Waals surface area contributed by atoms with Gasteiger partial charge in [0.2, 0.25) is 5.78 Å². The van der Waals surface area contributed by atoms with Gasteiger partial charge in [0.05, 0.1) is 6.04 Å². The number of nitrogens with one attached hydrogen (secondary N) is 1. The van der Waals surface area contributed by atoms with Crippen molar-refractivity contribution in [3.63, 3.8) is 0 Å². The summed E-state index contributed by atoms with van der Waals surface area (Å²) < 4.78 is 14.3. The molecule has 21 heavy (non-hydrogen) atoms. The minimum Gasteiger partial charge on any atom is -0.342 e. The highest BCUT2D eigenvalue weighted by molar-refractivity contribution is 6.41. The van der Waals surface area contributed by atoms with Crippen LogP contribution in [0.4, 0.5) is 4.39 Å². The van der Waals surface area contributed by atoms with Crippen LogP contribution in [-0.4, -0.2) is 29.0 Å². The van der Waals surface area contributed by atoms with Gasteiger partial charge in [-0.15, -0.1) is 0 Å². The molecule has 4 rings (SSSR count). The normalized spacial score (nSPS) is 32.4. The first-order chi connectivity index (χ1) is 10.1. The Morgan fingerprint density at radius 1 is 1.38 bits per heavy atom. The van der Waals surface area contributed by atoms with Gasteiger partial charge in [0.15, 0.2) is 5.84 Å². The maximum Gasteiger partial charge on any atom is 0.205 e. The number of fused-ring (bicyclic) bond motifs is 1. The molecule has 1 aromatic rings. The maximum absolute atomic E-state index is 14.3. The molecule has 0 bridgehead atoms. The van der Waals surface area contributed by atoms with E-state index in [2.05, 4.69) is 10.4 Å². The summed E-state index contributed by atoms with van der Waals surface area (Å²) in [5.74, 6) is 0.360. The number of carbonyl (C=O) groups excluding carboxylic acids is 1. The van der Waals surface area contributed by atoms with Crippen molar-refractivity contribution in [2.24, 2.45) is 10.5 Å². The average molecular weight is 287 g/mol. The molecular weight excluding hydrogens is 269 g/mol. The van der Waals surface area contributed by atoms with E-state index < -0.39 is 12.3 Å². The summed E-state index contributed by atoms with van der Waals surface area (Å²) in [5.41, 5.74) is 0.763. The number of hydrazone groups is 1. The number of rotatable bonds is 3. The van der Waals surface area contributed by atoms with E-state index in [1.165, 1.54) is 0 Å². The smallest absolute Gasteiger partial charge is 0.205 e. The van der Waals surface area contributed by atoms with E-state index in [0.29, 0.717) is 12.3 Å². The summed E-state index contributed by atoms with van der Waals surface area (Å²) in [6.45, 7) is 1.95. The number of nitrogens with zero attached hydrogens (tertiary/aromatic N) is 2. The van der Waals surface area contributed by atoms with Crippen LogP contribution in [0, 0.1) is 5.41 Å². The zero-order chi connectivity index (χ0) is 14.6. The Kier molecular flexibility index (Phi) is 2.62. The van der Waals surface area contributed by atoms with Crippen LogP contribution in [-0.2, 0) is 4.79 Å². The Balaban J connectivity index is 1.62. The zero-order valence-electron chi connectivity index (χ0n) is 11.9. The molecule has 110 valence electrons. The number of ketones is 1. The molecule has 1 aromatic carbocycles. The number of hydrogen-bond donors (Lipinski definition) is 1. The molecule has 5 heteroatoms. The number of amidine groups is 1. The van der Waals surface area contributed by atoms with Crippen molar-refractivity contribution in [1.29, 1.82) is 0 Å². The molecule has 1 N–H and O–H groups in total. The van der Waals surface area contributed by atoms with Gasteiger partial charge in [0.25, 0.3) is 0 Å². The van der Waals surface area contributed by atoms with Crippen LogP contribution in [0.3, 0.4) is 0 Å². The van der Waals surface area contributed by atoms with E-state index >= 15 is 0 Å². The Bertz CT molecular complexity index is 611. The van der Waals surface area contributed by atoms with Gasteiger partial charge in [0, 0.05) is 11.8 Å². The number of Topliss-reactive ketones (excluding diaryl/α,β-unsaturated/α-hetero) is 1. The molecule has 4 nitrogen and oxygen atoms in total. The predicted molar refractivity (Wildman–Crippen MR) is 77.2 cm³/mol. The molecule has 3 atom stereocenters. The largest absolute Gasteiger partial charge is 0.342 e. The molecule has 1 saturated heterocycles. The molecule has 0 amide bonds. The third-order valence-electron chi connectivity index (χ3n) is 4.84. The van der Waals surface area contributed by atoms with Crippen LogP contribution in [0.15, 0.2) is 35.4 Å². The van der Waals surface area contributed by atoms with E-state index in [-0.39, 0.29) is 17.2 Å². The third-order valence-corrected chi connectivity index (χ3v) is 4.84. The number of alkyl halides is 1. The minimum absolute atomic E-state index is 0.0240. The molecule has 0 spiro atoms. The highest BCUT2D eigenvalue weighted by Gasteiger charge is 2.52. The quantitative estimate of drug-likeness (QED) is 0.928. The fourth-order valence-electron chi connectivity index (χ4n) is 3.16. The van der Waals surface area contributed by atoms with Crippen molar-refractivity contribution >= 4 is 11.6 Å². The van der Waals surface area contributed by atoms with Crippen LogP contribution >= 0.6 is 0 Å². The van der Waals surface area contributed by atoms with Gasteiger partial charge in [-0.2, -0.15) is 5.10 Å². The molecule has 2 fully saturated rings. The van der Waals surface area contributed by atoms with Crippen LogP contribution in [0.5, 0.6) is 0 Å². The number of halogens is 1. The zero-order valence-corrected chi connectivity index (χ0v) is 11.9. The van der Waals surface area contributed by atoms with Gasteiger partial charge in [-0.05, 0) is 18.4 Å². The molecule has 3 aliphatic rings. The van der Waals surface area contributed by atoms with Crippen molar-refractivity contribution < 1.29 is 9.18 Å². The van der Waals surface area contributed by atoms with Crippen LogP contribution in [0.1, 0.15) is 37.8 Å². The summed E-state index contributed by atoms with van der Waals surface area (Å²) in [7, 11) is 0. The van der Waals surface area contributed by atoms with E-state index in [0.717, 1.165) is 18.4 Å². The molecule has 0 aromatic heterocycles. The second kappa shape index (κ2) is 4.29. The lowest BCUT2D eigenvalue weighted by Gasteiger charge is -2.21. The maximum atomic E-state index is 14.3. The summed E-state index contributed by atoms with van der Waals surface area (Å²) in [6, 6.07) is 9.70. The SMILES string of the molecule is CC1(C(=O)C2=NN3C(N2)[C@@H](F)C[C@H]3c2ccccc2)CC1. The molecular formula is C16H18FN3O. The predicted octanol–water partition coefficient (Wildman–Crippen LogP) is 2.38. The second-order valence-electron chi connectivity index (χ2n) is 6.49. The molecule has 0 radical (unpaired) electrons. The Morgan fingerprint density at radius 3 is 2.76 bits per heavy atom. The topological polar surface area (TPSA) is 44.7 Å². The third kappa shape index (κ3) is 1.94. The monoisotopic (exact) mass is 287 g/mol. The summed E-state index contributed by atoms with van der Waals surface area (Å²) in [6.07, 6.45) is 0.688. The summed E-state index contributed by atoms with van der Waals surface area (Å²) in [5, 5.41) is 9.15. The first-order valence-corrected chi connectivity index (χ1v) is 7.46. The van der Waals surface area contributed by atoms with Gasteiger partial charge in [-0.25, -0.2) is 4.39 Å². The van der Waals surface area contributed by atoms with Gasteiger partial charge >= 0.3 is 0 Å². The lowest BCUT2D eigenvalue weighted by molar-refractivity contribution is -0.117. The Labute approximate surface area is 123 Å². The number of carbonyl (C=O) groups is 1. The van der Waals surface area contributed by atoms with Crippen molar-refractivity contribution in [3.8, 4) is 0 Å². The van der Waals surface area contributed by atoms with E-state index in [9.17, 15) is 9.18 Å². The second-order valence-corrected chi connectivity index (χ2v) is 6.49. The molecule has 2 heterocycles. The molecule has 2 aliphatic heterocycles. The van der Waals surface area contributed by atoms with E-state index in [1.54, 1.807) is 5.01 Å². The van der Waals surface area contributed by atoms with Gasteiger partial charge in [-0.1, -0.05) is 37.3 Å². The molecule has 1 saturated carbocycles. The van der Waals surface area contributed by atoms with Gasteiger partial charge in [0.1, 0.15) is 12.3 Å². The van der Waals surface area contributed by atoms with Crippen LogP contribution in [0.2, 0.25) is 0 Å². The Hall–Kier alpha value is -1.91. The Morgan fingerprint density at radius 2 is 2.10 bits per heavy atom. The minimum atomic E-state index is -1.02. The lowest BCUT2D eigenvalue weighted by atomic mass is 10.0. The van der Waals surface area contributed by atoms with Crippen molar-refractivity contribution in [2.75, 3.05) is 0 Å². The molecule has 1 unspecified atom stereocenters. The summed E-state index contributed by atoms with van der Waals surface area (Å²) in [4.78, 5) is 12.4. The van der Waals surface area contributed by atoms with Crippen molar-refractivity contribution in [3.05, 3.63) is 35.9 Å². The van der Waals surface area contributed by atoms with Crippen molar-refractivity contribution in [1.82, 2.24) is 10.3 Å². The summed E-state index contributed by atoms with van der Waals surface area (Å²) >= 11 is 0. The molecule has 1 aliphatic carbocycles. The highest BCUT2D eigenvalue weighted by Crippen LogP contribution is 2.47. The van der Waals surface area contributed by atoms with Crippen LogP contribution < -0.4 is 5.32 Å². The van der Waals surface area contributed by atoms with E-state index in [4.69, 9.17) is 0 Å². The van der Waals surface area contributed by atoms with Gasteiger partial charge in [-0.3, -0.25) is 9.80 Å². The van der Waals surface area contributed by atoms with Crippen LogP contribution in [0.25, 0.3) is 0 Å².